The minimum absolute atomic E-state index is 0.213. The molecule has 0 radical (unpaired) electrons. The van der Waals surface area contributed by atoms with Gasteiger partial charge in [0.25, 0.3) is 0 Å². The van der Waals surface area contributed by atoms with Crippen LogP contribution in [0.1, 0.15) is 72.1 Å². The third-order valence-electron chi connectivity index (χ3n) is 8.95. The summed E-state index contributed by atoms with van der Waals surface area (Å²) in [5.74, 6) is -0.930. The Morgan fingerprint density at radius 3 is 2.33 bits per heavy atom. The van der Waals surface area contributed by atoms with Crippen LogP contribution in [0.15, 0.2) is 12.7 Å². The highest BCUT2D eigenvalue weighted by Gasteiger charge is 2.61. The van der Waals surface area contributed by atoms with E-state index in [1.54, 1.807) is 6.08 Å². The molecule has 0 aromatic carbocycles. The molecule has 0 aromatic rings. The minimum Gasteiger partial charge on any atom is -0.469 e. The van der Waals surface area contributed by atoms with Gasteiger partial charge in [-0.05, 0) is 43.8 Å². The van der Waals surface area contributed by atoms with Gasteiger partial charge >= 0.3 is 5.97 Å². The molecular formula is C27H46O8Si. The van der Waals surface area contributed by atoms with Gasteiger partial charge in [-0.3, -0.25) is 4.79 Å². The molecule has 1 N–H and O–H groups in total. The molecule has 3 heterocycles. The van der Waals surface area contributed by atoms with Gasteiger partial charge in [0, 0.05) is 12.8 Å². The molecule has 36 heavy (non-hydrogen) atoms. The first-order valence-electron chi connectivity index (χ1n) is 14.0. The Morgan fingerprint density at radius 1 is 1.06 bits per heavy atom. The van der Waals surface area contributed by atoms with Crippen molar-refractivity contribution in [2.24, 2.45) is 0 Å². The van der Waals surface area contributed by atoms with E-state index in [-0.39, 0.29) is 36.8 Å². The summed E-state index contributed by atoms with van der Waals surface area (Å²) in [6.07, 6.45) is 4.58. The Labute approximate surface area is 217 Å². The molecule has 0 amide bonds. The molecule has 1 aliphatic carbocycles. The first kappa shape index (κ1) is 28.2. The lowest BCUT2D eigenvalue weighted by molar-refractivity contribution is -0.257. The summed E-state index contributed by atoms with van der Waals surface area (Å²) in [6.45, 7) is 10.4. The van der Waals surface area contributed by atoms with Crippen molar-refractivity contribution in [1.29, 1.82) is 0 Å². The van der Waals surface area contributed by atoms with E-state index in [1.165, 1.54) is 13.5 Å². The van der Waals surface area contributed by atoms with Gasteiger partial charge in [0.05, 0.1) is 31.8 Å². The quantitative estimate of drug-likeness (QED) is 0.257. The lowest BCUT2D eigenvalue weighted by Gasteiger charge is -2.49. The zero-order valence-electron chi connectivity index (χ0n) is 22.5. The number of aliphatic hydroxyl groups is 1. The van der Waals surface area contributed by atoms with Crippen molar-refractivity contribution < 1.29 is 38.0 Å². The zero-order valence-corrected chi connectivity index (χ0v) is 23.5. The van der Waals surface area contributed by atoms with Gasteiger partial charge in [-0.2, -0.15) is 0 Å². The summed E-state index contributed by atoms with van der Waals surface area (Å²) in [5.41, 5.74) is 0. The number of carbonyl (C=O) groups excluding carboxylic acids is 1. The first-order chi connectivity index (χ1) is 17.3. The molecule has 206 valence electrons. The maximum Gasteiger partial charge on any atom is 0.308 e. The Balaban J connectivity index is 1.64. The number of methoxy groups -OCH3 is 1. The molecule has 8 nitrogen and oxygen atoms in total. The van der Waals surface area contributed by atoms with E-state index >= 15 is 0 Å². The average Bonchev–Trinajstić information content (AvgIpc) is 3.28. The van der Waals surface area contributed by atoms with Crippen LogP contribution in [0.2, 0.25) is 18.1 Å². The van der Waals surface area contributed by atoms with E-state index in [4.69, 9.17) is 28.1 Å². The Bertz CT molecular complexity index is 744. The molecule has 1 unspecified atom stereocenters. The molecule has 4 rings (SSSR count). The van der Waals surface area contributed by atoms with Gasteiger partial charge in [0.1, 0.15) is 30.5 Å². The van der Waals surface area contributed by atoms with Crippen LogP contribution >= 0.6 is 0 Å². The molecule has 4 fully saturated rings. The van der Waals surface area contributed by atoms with Crippen molar-refractivity contribution in [2.45, 2.75) is 145 Å². The lowest BCUT2D eigenvalue weighted by atomic mass is 9.86. The van der Waals surface area contributed by atoms with Crippen LogP contribution in [0.3, 0.4) is 0 Å². The highest BCUT2D eigenvalue weighted by Crippen LogP contribution is 2.48. The summed E-state index contributed by atoms with van der Waals surface area (Å²) in [6, 6.07) is 2.90. The Hall–Kier alpha value is -0.813. The zero-order chi connectivity index (χ0) is 25.9. The number of ether oxygens (including phenoxy) is 5. The summed E-state index contributed by atoms with van der Waals surface area (Å²) in [4.78, 5) is 11.9. The third kappa shape index (κ3) is 5.62. The molecule has 4 aliphatic rings. The normalized spacial score (nSPS) is 35.5. The van der Waals surface area contributed by atoms with Crippen LogP contribution in [0, 0.1) is 0 Å². The third-order valence-corrected chi connectivity index (χ3v) is 13.6. The van der Waals surface area contributed by atoms with Gasteiger partial charge in [-0.1, -0.05) is 33.3 Å². The van der Waals surface area contributed by atoms with Crippen LogP contribution < -0.4 is 0 Å². The number of carbonyl (C=O) groups is 1. The first-order valence-corrected chi connectivity index (χ1v) is 16.6. The van der Waals surface area contributed by atoms with Crippen LogP contribution in [-0.4, -0.2) is 81.1 Å². The highest BCUT2D eigenvalue weighted by molar-refractivity contribution is 6.73. The van der Waals surface area contributed by atoms with E-state index in [0.717, 1.165) is 50.2 Å². The van der Waals surface area contributed by atoms with Crippen molar-refractivity contribution in [3.05, 3.63) is 12.7 Å². The average molecular weight is 527 g/mol. The number of rotatable bonds is 10. The van der Waals surface area contributed by atoms with Crippen LogP contribution in [0.5, 0.6) is 0 Å². The standard InChI is InChI=1S/C27H46O8Si/c1-6-19(28)22(35-36(7-2,8-3)9-4)24-26-25(33-27(34-26)15-11-10-12-16-27)23-20(32-24)14-13-18(31-23)17-21(29)30-5/h6,18-20,22-26,28H,1,7-17H2,2-5H3/t18-,19?,20+,22-,23+,24+,25+,26-/m1/s1. The van der Waals surface area contributed by atoms with E-state index < -0.39 is 38.5 Å². The maximum absolute atomic E-state index is 11.9. The minimum atomic E-state index is -2.08. The second-order valence-corrected chi connectivity index (χ2v) is 15.6. The van der Waals surface area contributed by atoms with Crippen molar-refractivity contribution in [3.63, 3.8) is 0 Å². The van der Waals surface area contributed by atoms with Gasteiger partial charge < -0.3 is 33.2 Å². The fourth-order valence-corrected chi connectivity index (χ4v) is 9.39. The lowest BCUT2D eigenvalue weighted by Crippen LogP contribution is -2.65. The number of hydrogen-bond donors (Lipinski definition) is 1. The molecule has 3 saturated heterocycles. The molecular weight excluding hydrogens is 480 g/mol. The number of fused-ring (bicyclic) bond motifs is 3. The molecule has 1 saturated carbocycles. The molecule has 0 bridgehead atoms. The molecule has 8 atom stereocenters. The monoisotopic (exact) mass is 526 g/mol. The van der Waals surface area contributed by atoms with Crippen LogP contribution in [-0.2, 0) is 32.9 Å². The van der Waals surface area contributed by atoms with Gasteiger partial charge in [-0.15, -0.1) is 6.58 Å². The summed E-state index contributed by atoms with van der Waals surface area (Å²) in [7, 11) is -0.680. The van der Waals surface area contributed by atoms with Gasteiger partial charge in [0.2, 0.25) is 0 Å². The fraction of sp³-hybridized carbons (Fsp3) is 0.889. The number of hydrogen-bond acceptors (Lipinski definition) is 8. The largest absolute Gasteiger partial charge is 0.469 e. The van der Waals surface area contributed by atoms with E-state index in [2.05, 4.69) is 27.4 Å². The summed E-state index contributed by atoms with van der Waals surface area (Å²) >= 11 is 0. The smallest absolute Gasteiger partial charge is 0.308 e. The number of esters is 1. The van der Waals surface area contributed by atoms with Crippen LogP contribution in [0.4, 0.5) is 0 Å². The van der Waals surface area contributed by atoms with Gasteiger partial charge in [0.15, 0.2) is 14.1 Å². The molecule has 1 spiro atoms. The molecule has 0 aromatic heterocycles. The molecule has 3 aliphatic heterocycles. The van der Waals surface area contributed by atoms with Gasteiger partial charge in [-0.25, -0.2) is 0 Å². The van der Waals surface area contributed by atoms with E-state index in [1.807, 2.05) is 0 Å². The highest BCUT2D eigenvalue weighted by atomic mass is 28.4. The SMILES string of the molecule is C=CC(O)[C@@H](O[Si](CC)(CC)CC)[C@@H]1O[C@H]2CC[C@H](CC(=O)OC)O[C@@H]2[C@@H]2OC3(CCCCC3)O[C@@H]21. The predicted molar refractivity (Wildman–Crippen MR) is 137 cm³/mol. The Kier molecular flexibility index (Phi) is 9.34. The van der Waals surface area contributed by atoms with Crippen LogP contribution in [0.25, 0.3) is 0 Å². The van der Waals surface area contributed by atoms with E-state index in [9.17, 15) is 9.90 Å². The molecule has 9 heteroatoms. The Morgan fingerprint density at radius 2 is 1.72 bits per heavy atom. The topological polar surface area (TPSA) is 92.7 Å². The van der Waals surface area contributed by atoms with E-state index in [0.29, 0.717) is 6.42 Å². The van der Waals surface area contributed by atoms with Crippen molar-refractivity contribution in [1.82, 2.24) is 0 Å². The second-order valence-electron chi connectivity index (χ2n) is 10.9. The van der Waals surface area contributed by atoms with Crippen molar-refractivity contribution in [3.8, 4) is 0 Å². The fourth-order valence-electron chi connectivity index (χ4n) is 6.54. The summed E-state index contributed by atoms with van der Waals surface area (Å²) < 4.78 is 38.4. The van der Waals surface area contributed by atoms with Crippen molar-refractivity contribution in [2.75, 3.05) is 7.11 Å². The maximum atomic E-state index is 11.9. The number of aliphatic hydroxyl groups excluding tert-OH is 1. The van der Waals surface area contributed by atoms with Crippen molar-refractivity contribution >= 4 is 14.3 Å². The predicted octanol–water partition coefficient (Wildman–Crippen LogP) is 4.25. The second kappa shape index (κ2) is 11.9. The summed E-state index contributed by atoms with van der Waals surface area (Å²) in [5, 5.41) is 11.1.